The average molecular weight is 382 g/mol. The number of hydrogen-bond donors (Lipinski definition) is 3. The summed E-state index contributed by atoms with van der Waals surface area (Å²) in [6, 6.07) is 12.9. The molecule has 0 aliphatic carbocycles. The molecule has 0 radical (unpaired) electrons. The molecule has 1 saturated heterocycles. The maximum Gasteiger partial charge on any atom is 0.251 e. The van der Waals surface area contributed by atoms with Crippen molar-refractivity contribution in [3.63, 3.8) is 0 Å². The summed E-state index contributed by atoms with van der Waals surface area (Å²) in [6.07, 6.45) is 2.85. The van der Waals surface area contributed by atoms with Crippen LogP contribution >= 0.6 is 11.3 Å². The van der Waals surface area contributed by atoms with Crippen LogP contribution in [0.2, 0.25) is 0 Å². The predicted molar refractivity (Wildman–Crippen MR) is 109 cm³/mol. The van der Waals surface area contributed by atoms with Gasteiger partial charge in [0, 0.05) is 18.0 Å². The number of rotatable bonds is 5. The quantitative estimate of drug-likeness (QED) is 0.633. The van der Waals surface area contributed by atoms with Crippen LogP contribution in [-0.2, 0) is 6.42 Å². The number of amides is 1. The van der Waals surface area contributed by atoms with Crippen LogP contribution in [0.1, 0.15) is 39.7 Å². The van der Waals surface area contributed by atoms with Crippen molar-refractivity contribution in [2.75, 3.05) is 19.6 Å². The van der Waals surface area contributed by atoms with Gasteiger partial charge in [0.05, 0.1) is 15.2 Å². The minimum absolute atomic E-state index is 0.0934. The van der Waals surface area contributed by atoms with E-state index in [1.165, 1.54) is 5.01 Å². The Morgan fingerprint density at radius 1 is 1.22 bits per heavy atom. The van der Waals surface area contributed by atoms with Gasteiger partial charge in [0.25, 0.3) is 5.91 Å². The maximum absolute atomic E-state index is 12.5. The second kappa shape index (κ2) is 8.06. The lowest BCUT2D eigenvalue weighted by Gasteiger charge is -2.20. The number of benzene rings is 2. The van der Waals surface area contributed by atoms with Crippen LogP contribution in [0.3, 0.4) is 0 Å². The Morgan fingerprint density at radius 2 is 2.04 bits per heavy atom. The van der Waals surface area contributed by atoms with Crippen molar-refractivity contribution in [1.82, 2.24) is 15.6 Å². The highest BCUT2D eigenvalue weighted by molar-refractivity contribution is 7.18. The van der Waals surface area contributed by atoms with Crippen LogP contribution in [0.4, 0.5) is 0 Å². The third kappa shape index (κ3) is 4.12. The molecule has 4 rings (SSSR count). The molecule has 6 heteroatoms. The molecule has 1 aliphatic rings. The highest BCUT2D eigenvalue weighted by atomic mass is 32.1. The Balaban J connectivity index is 1.42. The largest absolute Gasteiger partial charge is 0.508 e. The summed E-state index contributed by atoms with van der Waals surface area (Å²) >= 11 is 1.71. The average Bonchev–Trinajstić information content (AvgIpc) is 3.13. The number of hydrogen-bond acceptors (Lipinski definition) is 5. The lowest BCUT2D eigenvalue weighted by Crippen LogP contribution is -2.26. The first kappa shape index (κ1) is 17.9. The molecule has 1 aromatic heterocycles. The molecule has 27 heavy (non-hydrogen) atoms. The molecule has 3 aromatic rings. The Hall–Kier alpha value is -2.44. The van der Waals surface area contributed by atoms with Gasteiger partial charge >= 0.3 is 0 Å². The van der Waals surface area contributed by atoms with E-state index in [1.54, 1.807) is 23.5 Å². The lowest BCUT2D eigenvalue weighted by molar-refractivity contribution is 0.0954. The minimum Gasteiger partial charge on any atom is -0.508 e. The van der Waals surface area contributed by atoms with Crippen LogP contribution in [-0.4, -0.2) is 35.6 Å². The van der Waals surface area contributed by atoms with E-state index in [0.717, 1.165) is 41.7 Å². The first-order valence-electron chi connectivity index (χ1n) is 9.37. The van der Waals surface area contributed by atoms with Gasteiger partial charge in [-0.15, -0.1) is 11.3 Å². The molecule has 0 bridgehead atoms. The van der Waals surface area contributed by atoms with Gasteiger partial charge in [-0.1, -0.05) is 18.2 Å². The monoisotopic (exact) mass is 381 g/mol. The number of piperidine rings is 1. The molecule has 3 N–H and O–H groups in total. The summed E-state index contributed by atoms with van der Waals surface area (Å²) < 4.78 is 1.07. The van der Waals surface area contributed by atoms with Gasteiger partial charge in [0.2, 0.25) is 0 Å². The zero-order valence-corrected chi connectivity index (χ0v) is 15.9. The smallest absolute Gasteiger partial charge is 0.251 e. The summed E-state index contributed by atoms with van der Waals surface area (Å²) in [5, 5.41) is 17.3. The Labute approximate surface area is 162 Å². The molecule has 2 aromatic carbocycles. The van der Waals surface area contributed by atoms with E-state index in [9.17, 15) is 9.90 Å². The highest BCUT2D eigenvalue weighted by Gasteiger charge is 2.19. The van der Waals surface area contributed by atoms with Crippen LogP contribution in [0.25, 0.3) is 10.2 Å². The Morgan fingerprint density at radius 3 is 2.85 bits per heavy atom. The van der Waals surface area contributed by atoms with E-state index < -0.39 is 0 Å². The fourth-order valence-electron chi connectivity index (χ4n) is 3.46. The second-order valence-corrected chi connectivity index (χ2v) is 7.96. The van der Waals surface area contributed by atoms with E-state index in [1.807, 2.05) is 30.3 Å². The third-order valence-electron chi connectivity index (χ3n) is 5.03. The number of aromatic hydroxyl groups is 1. The molecule has 0 saturated carbocycles. The number of carbonyl (C=O) groups is 1. The van der Waals surface area contributed by atoms with Crippen molar-refractivity contribution < 1.29 is 9.90 Å². The Kier molecular flexibility index (Phi) is 5.36. The number of carbonyl (C=O) groups excluding carboxylic acids is 1. The fourth-order valence-corrected chi connectivity index (χ4v) is 4.64. The lowest BCUT2D eigenvalue weighted by atomic mass is 9.99. The molecule has 1 aliphatic heterocycles. The molecule has 1 fully saturated rings. The SMILES string of the molecule is O=C(NCCc1ccccc1O)c1ccc2nc(C3CCNCC3)sc2c1. The summed E-state index contributed by atoms with van der Waals surface area (Å²) in [5.74, 6) is 0.701. The molecule has 5 nitrogen and oxygen atoms in total. The van der Waals surface area contributed by atoms with Crippen LogP contribution in [0, 0.1) is 0 Å². The van der Waals surface area contributed by atoms with Gasteiger partial charge < -0.3 is 15.7 Å². The summed E-state index contributed by atoms with van der Waals surface area (Å²) in [7, 11) is 0. The van der Waals surface area contributed by atoms with E-state index in [2.05, 4.69) is 10.6 Å². The van der Waals surface area contributed by atoms with Crippen molar-refractivity contribution in [2.24, 2.45) is 0 Å². The first-order chi connectivity index (χ1) is 13.2. The molecule has 0 unspecified atom stereocenters. The van der Waals surface area contributed by atoms with Crippen LogP contribution in [0.15, 0.2) is 42.5 Å². The van der Waals surface area contributed by atoms with Gasteiger partial charge in [-0.05, 0) is 62.2 Å². The molecule has 0 spiro atoms. The summed E-state index contributed by atoms with van der Waals surface area (Å²) in [4.78, 5) is 17.3. The molecule has 140 valence electrons. The van der Waals surface area contributed by atoms with Crippen molar-refractivity contribution >= 4 is 27.5 Å². The first-order valence-corrected chi connectivity index (χ1v) is 10.2. The zero-order chi connectivity index (χ0) is 18.6. The van der Waals surface area contributed by atoms with Gasteiger partial charge in [0.1, 0.15) is 5.75 Å². The molecule has 2 heterocycles. The summed E-state index contributed by atoms with van der Waals surface area (Å²) in [5.41, 5.74) is 2.46. The van der Waals surface area contributed by atoms with Crippen molar-refractivity contribution in [3.8, 4) is 5.75 Å². The standard InChI is InChI=1S/C21H23N3O2S/c25-18-4-2-1-3-14(18)9-12-23-20(26)16-5-6-17-19(13-16)27-21(24-17)15-7-10-22-11-8-15/h1-6,13,15,22,25H,7-12H2,(H,23,26). The van der Waals surface area contributed by atoms with Gasteiger partial charge in [-0.2, -0.15) is 0 Å². The number of phenols is 1. The molecule has 1 amide bonds. The third-order valence-corrected chi connectivity index (χ3v) is 6.21. The van der Waals surface area contributed by atoms with Crippen molar-refractivity contribution in [2.45, 2.75) is 25.2 Å². The zero-order valence-electron chi connectivity index (χ0n) is 15.1. The highest BCUT2D eigenvalue weighted by Crippen LogP contribution is 2.32. The number of para-hydroxylation sites is 1. The number of thiazole rings is 1. The predicted octanol–water partition coefficient (Wildman–Crippen LogP) is 3.44. The maximum atomic E-state index is 12.5. The molecule has 0 atom stereocenters. The van der Waals surface area contributed by atoms with Crippen molar-refractivity contribution in [1.29, 1.82) is 0 Å². The number of aromatic nitrogens is 1. The van der Waals surface area contributed by atoms with E-state index >= 15 is 0 Å². The number of nitrogens with zero attached hydrogens (tertiary/aromatic N) is 1. The van der Waals surface area contributed by atoms with Crippen LogP contribution < -0.4 is 10.6 Å². The fraction of sp³-hybridized carbons (Fsp3) is 0.333. The second-order valence-electron chi connectivity index (χ2n) is 6.89. The minimum atomic E-state index is -0.0934. The number of fused-ring (bicyclic) bond motifs is 1. The summed E-state index contributed by atoms with van der Waals surface area (Å²) in [6.45, 7) is 2.58. The van der Waals surface area contributed by atoms with Gasteiger partial charge in [0.15, 0.2) is 0 Å². The Bertz CT molecular complexity index is 948. The number of phenolic OH excluding ortho intramolecular Hbond substituents is 1. The molecular weight excluding hydrogens is 358 g/mol. The number of nitrogens with one attached hydrogen (secondary N) is 2. The van der Waals surface area contributed by atoms with Gasteiger partial charge in [-0.3, -0.25) is 4.79 Å². The van der Waals surface area contributed by atoms with E-state index in [-0.39, 0.29) is 11.7 Å². The van der Waals surface area contributed by atoms with Crippen LogP contribution in [0.5, 0.6) is 5.75 Å². The van der Waals surface area contributed by atoms with Gasteiger partial charge in [-0.25, -0.2) is 4.98 Å². The topological polar surface area (TPSA) is 74.2 Å². The van der Waals surface area contributed by atoms with E-state index in [4.69, 9.17) is 4.98 Å². The normalized spacial score (nSPS) is 15.1. The molecular formula is C21H23N3O2S. The van der Waals surface area contributed by atoms with E-state index in [0.29, 0.717) is 24.4 Å². The van der Waals surface area contributed by atoms with Crippen molar-refractivity contribution in [3.05, 3.63) is 58.6 Å².